The molecule has 1 nitrogen and oxygen atoms in total. The number of hydrogen-bond acceptors (Lipinski definition) is 1. The summed E-state index contributed by atoms with van der Waals surface area (Å²) in [6.45, 7) is 1.04. The van der Waals surface area contributed by atoms with E-state index in [2.05, 4.69) is 35.5 Å². The zero-order valence-corrected chi connectivity index (χ0v) is 9.00. The lowest BCUT2D eigenvalue weighted by Crippen LogP contribution is -2.30. The Labute approximate surface area is 91.9 Å². The Kier molecular flexibility index (Phi) is 3.42. The Morgan fingerprint density at radius 2 is 1.93 bits per heavy atom. The second kappa shape index (κ2) is 5.00. The predicted octanol–water partition coefficient (Wildman–Crippen LogP) is 2.16. The standard InChI is InChI=1S/C14H17N/c1-2-3-6-9-15-14-10-12-7-4-5-8-13(12)11-14/h1,4-5,7-8,14-15H,3,6,9-11H2. The summed E-state index contributed by atoms with van der Waals surface area (Å²) < 4.78 is 0. The van der Waals surface area contributed by atoms with Crippen molar-refractivity contribution in [2.75, 3.05) is 6.54 Å². The van der Waals surface area contributed by atoms with Crippen LogP contribution < -0.4 is 5.32 Å². The molecule has 78 valence electrons. The minimum atomic E-state index is 0.625. The van der Waals surface area contributed by atoms with Crippen molar-refractivity contribution in [3.63, 3.8) is 0 Å². The first-order valence-corrected chi connectivity index (χ1v) is 5.64. The minimum Gasteiger partial charge on any atom is -0.313 e. The van der Waals surface area contributed by atoms with E-state index in [1.54, 1.807) is 0 Å². The number of hydrogen-bond donors (Lipinski definition) is 1. The minimum absolute atomic E-state index is 0.625. The van der Waals surface area contributed by atoms with Crippen molar-refractivity contribution in [2.45, 2.75) is 31.7 Å². The van der Waals surface area contributed by atoms with Crippen LogP contribution in [-0.4, -0.2) is 12.6 Å². The van der Waals surface area contributed by atoms with Crippen molar-refractivity contribution in [3.8, 4) is 12.3 Å². The lowest BCUT2D eigenvalue weighted by Gasteiger charge is -2.10. The fraction of sp³-hybridized carbons (Fsp3) is 0.429. The monoisotopic (exact) mass is 199 g/mol. The molecule has 1 aromatic carbocycles. The molecular formula is C14H17N. The molecule has 0 fully saturated rings. The summed E-state index contributed by atoms with van der Waals surface area (Å²) in [5, 5.41) is 3.57. The van der Waals surface area contributed by atoms with Crippen molar-refractivity contribution in [2.24, 2.45) is 0 Å². The average Bonchev–Trinajstić information content (AvgIpc) is 2.67. The lowest BCUT2D eigenvalue weighted by atomic mass is 10.1. The van der Waals surface area contributed by atoms with Crippen LogP contribution in [-0.2, 0) is 12.8 Å². The zero-order chi connectivity index (χ0) is 10.5. The molecule has 1 aromatic rings. The van der Waals surface area contributed by atoms with E-state index in [0.717, 1.165) is 19.4 Å². The van der Waals surface area contributed by atoms with E-state index in [4.69, 9.17) is 6.42 Å². The van der Waals surface area contributed by atoms with Gasteiger partial charge in [-0.2, -0.15) is 0 Å². The van der Waals surface area contributed by atoms with E-state index in [1.807, 2.05) is 0 Å². The molecule has 0 aromatic heterocycles. The molecule has 0 saturated heterocycles. The van der Waals surface area contributed by atoms with Gasteiger partial charge in [-0.15, -0.1) is 12.3 Å². The Balaban J connectivity index is 1.79. The molecule has 2 rings (SSSR count). The van der Waals surface area contributed by atoms with Crippen molar-refractivity contribution < 1.29 is 0 Å². The second-order valence-corrected chi connectivity index (χ2v) is 4.14. The van der Waals surface area contributed by atoms with Crippen LogP contribution in [0, 0.1) is 12.3 Å². The maximum absolute atomic E-state index is 5.21. The van der Waals surface area contributed by atoms with Gasteiger partial charge in [0.1, 0.15) is 0 Å². The number of fused-ring (bicyclic) bond motifs is 1. The molecule has 1 N–H and O–H groups in total. The number of terminal acetylenes is 1. The van der Waals surface area contributed by atoms with E-state index in [0.29, 0.717) is 6.04 Å². The van der Waals surface area contributed by atoms with Crippen LogP contribution in [0.25, 0.3) is 0 Å². The second-order valence-electron chi connectivity index (χ2n) is 4.14. The Hall–Kier alpha value is -1.26. The van der Waals surface area contributed by atoms with E-state index < -0.39 is 0 Å². The number of unbranched alkanes of at least 4 members (excludes halogenated alkanes) is 1. The number of rotatable bonds is 4. The largest absolute Gasteiger partial charge is 0.313 e. The summed E-state index contributed by atoms with van der Waals surface area (Å²) >= 11 is 0. The van der Waals surface area contributed by atoms with Gasteiger partial charge in [0.2, 0.25) is 0 Å². The SMILES string of the molecule is C#CCCCNC1Cc2ccccc2C1. The molecule has 0 atom stereocenters. The number of nitrogens with one attached hydrogen (secondary N) is 1. The smallest absolute Gasteiger partial charge is 0.0148 e. The maximum Gasteiger partial charge on any atom is 0.0148 e. The molecule has 0 amide bonds. The molecule has 0 spiro atoms. The van der Waals surface area contributed by atoms with Gasteiger partial charge in [0, 0.05) is 12.5 Å². The van der Waals surface area contributed by atoms with E-state index in [1.165, 1.54) is 24.0 Å². The van der Waals surface area contributed by atoms with Gasteiger partial charge >= 0.3 is 0 Å². The fourth-order valence-corrected chi connectivity index (χ4v) is 2.20. The molecule has 0 heterocycles. The molecule has 0 unspecified atom stereocenters. The first-order chi connectivity index (χ1) is 7.40. The van der Waals surface area contributed by atoms with Crippen LogP contribution in [0.2, 0.25) is 0 Å². The Morgan fingerprint density at radius 1 is 1.27 bits per heavy atom. The molecule has 0 radical (unpaired) electrons. The van der Waals surface area contributed by atoms with Gasteiger partial charge in [0.05, 0.1) is 0 Å². The maximum atomic E-state index is 5.21. The van der Waals surface area contributed by atoms with Crippen LogP contribution in [0.3, 0.4) is 0 Å². The summed E-state index contributed by atoms with van der Waals surface area (Å²) in [6.07, 6.45) is 9.53. The Bertz CT molecular complexity index is 337. The highest BCUT2D eigenvalue weighted by Crippen LogP contribution is 2.21. The van der Waals surface area contributed by atoms with Gasteiger partial charge in [-0.1, -0.05) is 24.3 Å². The number of benzene rings is 1. The molecule has 1 aliphatic carbocycles. The first-order valence-electron chi connectivity index (χ1n) is 5.64. The van der Waals surface area contributed by atoms with Gasteiger partial charge in [-0.3, -0.25) is 0 Å². The summed E-state index contributed by atoms with van der Waals surface area (Å²) in [5.41, 5.74) is 3.01. The van der Waals surface area contributed by atoms with E-state index >= 15 is 0 Å². The molecule has 0 bridgehead atoms. The summed E-state index contributed by atoms with van der Waals surface area (Å²) in [7, 11) is 0. The Morgan fingerprint density at radius 3 is 2.53 bits per heavy atom. The third kappa shape index (κ3) is 2.61. The van der Waals surface area contributed by atoms with Gasteiger partial charge in [0.25, 0.3) is 0 Å². The normalized spacial score (nSPS) is 14.9. The first kappa shape index (κ1) is 10.3. The predicted molar refractivity (Wildman–Crippen MR) is 63.7 cm³/mol. The topological polar surface area (TPSA) is 12.0 Å². The lowest BCUT2D eigenvalue weighted by molar-refractivity contribution is 0.526. The highest BCUT2D eigenvalue weighted by molar-refractivity contribution is 5.33. The average molecular weight is 199 g/mol. The highest BCUT2D eigenvalue weighted by atomic mass is 14.9. The van der Waals surface area contributed by atoms with E-state index in [-0.39, 0.29) is 0 Å². The van der Waals surface area contributed by atoms with Crippen molar-refractivity contribution in [3.05, 3.63) is 35.4 Å². The molecule has 1 heteroatoms. The molecule has 0 saturated carbocycles. The van der Waals surface area contributed by atoms with Gasteiger partial charge in [-0.05, 0) is 36.9 Å². The third-order valence-corrected chi connectivity index (χ3v) is 2.98. The molecular weight excluding hydrogens is 182 g/mol. The van der Waals surface area contributed by atoms with Crippen molar-refractivity contribution in [1.29, 1.82) is 0 Å². The summed E-state index contributed by atoms with van der Waals surface area (Å²) in [5.74, 6) is 2.67. The molecule has 0 aliphatic heterocycles. The molecule has 15 heavy (non-hydrogen) atoms. The summed E-state index contributed by atoms with van der Waals surface area (Å²) in [6, 6.07) is 9.34. The van der Waals surface area contributed by atoms with Crippen LogP contribution in [0.1, 0.15) is 24.0 Å². The van der Waals surface area contributed by atoms with Gasteiger partial charge < -0.3 is 5.32 Å². The summed E-state index contributed by atoms with van der Waals surface area (Å²) in [4.78, 5) is 0. The van der Waals surface area contributed by atoms with Crippen molar-refractivity contribution >= 4 is 0 Å². The highest BCUT2D eigenvalue weighted by Gasteiger charge is 2.19. The zero-order valence-electron chi connectivity index (χ0n) is 9.00. The van der Waals surface area contributed by atoms with Gasteiger partial charge in [-0.25, -0.2) is 0 Å². The third-order valence-electron chi connectivity index (χ3n) is 2.98. The van der Waals surface area contributed by atoms with E-state index in [9.17, 15) is 0 Å². The van der Waals surface area contributed by atoms with Crippen LogP contribution in [0.5, 0.6) is 0 Å². The van der Waals surface area contributed by atoms with Gasteiger partial charge in [0.15, 0.2) is 0 Å². The van der Waals surface area contributed by atoms with Crippen LogP contribution in [0.15, 0.2) is 24.3 Å². The fourth-order valence-electron chi connectivity index (χ4n) is 2.20. The van der Waals surface area contributed by atoms with Crippen molar-refractivity contribution in [1.82, 2.24) is 5.32 Å². The quantitative estimate of drug-likeness (QED) is 0.579. The molecule has 1 aliphatic rings. The van der Waals surface area contributed by atoms with Crippen LogP contribution in [0.4, 0.5) is 0 Å². The van der Waals surface area contributed by atoms with Crippen LogP contribution >= 0.6 is 0 Å².